The summed E-state index contributed by atoms with van der Waals surface area (Å²) in [6, 6.07) is 11.2. The number of amides is 2. The van der Waals surface area contributed by atoms with E-state index in [9.17, 15) is 14.7 Å². The van der Waals surface area contributed by atoms with Crippen LogP contribution in [-0.4, -0.2) is 52.5 Å². The summed E-state index contributed by atoms with van der Waals surface area (Å²) >= 11 is 0. The standard InChI is InChI=1S/C25H32N4O3/c1-28(18-12-14-19(30)15-13-18)17-6-2-3-11-23(31)29-22-10-5-4-8-20(22)25(32)27-21-9-7-16-26-24(21)29/h4-5,7-10,16,18-19,30H,2-3,6,11-15,17H2,1H3,(H,27,32). The minimum absolute atomic E-state index is 0.0523. The van der Waals surface area contributed by atoms with E-state index in [4.69, 9.17) is 0 Å². The first kappa shape index (κ1) is 22.4. The first-order valence-electron chi connectivity index (χ1n) is 11.6. The van der Waals surface area contributed by atoms with Crippen molar-refractivity contribution in [1.82, 2.24) is 9.88 Å². The summed E-state index contributed by atoms with van der Waals surface area (Å²) in [7, 11) is 2.16. The molecule has 2 N–H and O–H groups in total. The molecule has 1 aliphatic heterocycles. The number of rotatable bonds is 7. The molecule has 1 fully saturated rings. The highest BCUT2D eigenvalue weighted by Gasteiger charge is 2.29. The molecular formula is C25H32N4O3. The number of aliphatic hydroxyl groups excluding tert-OH is 1. The lowest BCUT2D eigenvalue weighted by molar-refractivity contribution is -0.118. The van der Waals surface area contributed by atoms with Gasteiger partial charge in [0.1, 0.15) is 0 Å². The van der Waals surface area contributed by atoms with Crippen molar-refractivity contribution in [3.63, 3.8) is 0 Å². The Morgan fingerprint density at radius 1 is 1.12 bits per heavy atom. The molecule has 170 valence electrons. The molecule has 7 heteroatoms. The number of nitrogens with zero attached hydrogens (tertiary/aromatic N) is 3. The molecule has 1 saturated carbocycles. The normalized spacial score (nSPS) is 20.3. The average molecular weight is 437 g/mol. The SMILES string of the molecule is CN(CCCCCC(=O)N1c2ccccc2C(=O)Nc2cccnc21)C1CCC(O)CC1. The third kappa shape index (κ3) is 5.00. The van der Waals surface area contributed by atoms with Crippen molar-refractivity contribution >= 4 is 29.0 Å². The zero-order valence-corrected chi connectivity index (χ0v) is 18.7. The Balaban J connectivity index is 1.35. The minimum atomic E-state index is -0.233. The quantitative estimate of drug-likeness (QED) is 0.638. The van der Waals surface area contributed by atoms with E-state index in [0.29, 0.717) is 35.2 Å². The number of carbonyl (C=O) groups is 2. The van der Waals surface area contributed by atoms with E-state index in [1.54, 1.807) is 41.4 Å². The number of hydrogen-bond acceptors (Lipinski definition) is 5. The number of aliphatic hydroxyl groups is 1. The molecule has 0 saturated heterocycles. The number of hydrogen-bond donors (Lipinski definition) is 2. The number of nitrogens with one attached hydrogen (secondary N) is 1. The summed E-state index contributed by atoms with van der Waals surface area (Å²) in [5.41, 5.74) is 1.59. The van der Waals surface area contributed by atoms with Crippen LogP contribution in [0.3, 0.4) is 0 Å². The molecule has 4 rings (SSSR count). The van der Waals surface area contributed by atoms with Crippen LogP contribution in [0.2, 0.25) is 0 Å². The van der Waals surface area contributed by atoms with Crippen LogP contribution in [-0.2, 0) is 4.79 Å². The lowest BCUT2D eigenvalue weighted by Gasteiger charge is -2.33. The summed E-state index contributed by atoms with van der Waals surface area (Å²) in [6.07, 6.45) is 8.62. The molecule has 0 spiro atoms. The van der Waals surface area contributed by atoms with Crippen LogP contribution in [0.15, 0.2) is 42.6 Å². The summed E-state index contributed by atoms with van der Waals surface area (Å²) in [4.78, 5) is 34.3. The zero-order valence-electron chi connectivity index (χ0n) is 18.7. The Hall–Kier alpha value is -2.77. The fourth-order valence-corrected chi connectivity index (χ4v) is 4.70. The molecule has 2 amide bonds. The second kappa shape index (κ2) is 10.2. The van der Waals surface area contributed by atoms with E-state index < -0.39 is 0 Å². The first-order valence-corrected chi connectivity index (χ1v) is 11.6. The third-order valence-corrected chi connectivity index (χ3v) is 6.58. The van der Waals surface area contributed by atoms with Gasteiger partial charge >= 0.3 is 0 Å². The first-order chi connectivity index (χ1) is 15.5. The molecular weight excluding hydrogens is 404 g/mol. The molecule has 1 aromatic carbocycles. The van der Waals surface area contributed by atoms with Crippen LogP contribution < -0.4 is 10.2 Å². The predicted octanol–water partition coefficient (Wildman–Crippen LogP) is 4.11. The Morgan fingerprint density at radius 3 is 2.72 bits per heavy atom. The molecule has 0 bridgehead atoms. The highest BCUT2D eigenvalue weighted by molar-refractivity contribution is 6.17. The van der Waals surface area contributed by atoms with Crippen molar-refractivity contribution < 1.29 is 14.7 Å². The number of aromatic nitrogens is 1. The van der Waals surface area contributed by atoms with Crippen molar-refractivity contribution in [1.29, 1.82) is 0 Å². The number of anilines is 3. The van der Waals surface area contributed by atoms with Crippen molar-refractivity contribution in [3.05, 3.63) is 48.2 Å². The number of benzene rings is 1. The molecule has 2 aromatic rings. The maximum atomic E-state index is 13.3. The molecule has 32 heavy (non-hydrogen) atoms. The molecule has 0 unspecified atom stereocenters. The fourth-order valence-electron chi connectivity index (χ4n) is 4.70. The molecule has 1 aliphatic carbocycles. The highest BCUT2D eigenvalue weighted by atomic mass is 16.3. The molecule has 2 heterocycles. The zero-order chi connectivity index (χ0) is 22.5. The molecule has 2 aliphatic rings. The number of carbonyl (C=O) groups excluding carboxylic acids is 2. The summed E-state index contributed by atoms with van der Waals surface area (Å²) in [5.74, 6) is 0.182. The number of pyridine rings is 1. The maximum Gasteiger partial charge on any atom is 0.257 e. The topological polar surface area (TPSA) is 85.8 Å². The van der Waals surface area contributed by atoms with Gasteiger partial charge < -0.3 is 15.3 Å². The third-order valence-electron chi connectivity index (χ3n) is 6.58. The average Bonchev–Trinajstić information content (AvgIpc) is 2.93. The molecule has 0 atom stereocenters. The van der Waals surface area contributed by atoms with Crippen LogP contribution in [0.1, 0.15) is 61.7 Å². The van der Waals surface area contributed by atoms with E-state index in [-0.39, 0.29) is 17.9 Å². The number of unbranched alkanes of at least 4 members (excludes halogenated alkanes) is 2. The smallest absolute Gasteiger partial charge is 0.257 e. The van der Waals surface area contributed by atoms with E-state index in [0.717, 1.165) is 51.5 Å². The fraction of sp³-hybridized carbons (Fsp3) is 0.480. The van der Waals surface area contributed by atoms with Gasteiger partial charge in [-0.2, -0.15) is 0 Å². The van der Waals surface area contributed by atoms with Gasteiger partial charge in [-0.3, -0.25) is 14.5 Å². The molecule has 7 nitrogen and oxygen atoms in total. The predicted molar refractivity (Wildman–Crippen MR) is 125 cm³/mol. The summed E-state index contributed by atoms with van der Waals surface area (Å²) in [5, 5.41) is 12.6. The van der Waals surface area contributed by atoms with Crippen molar-refractivity contribution in [2.75, 3.05) is 23.8 Å². The van der Waals surface area contributed by atoms with Crippen LogP contribution in [0.5, 0.6) is 0 Å². The van der Waals surface area contributed by atoms with Gasteiger partial charge in [-0.25, -0.2) is 4.98 Å². The highest BCUT2D eigenvalue weighted by Crippen LogP contribution is 2.36. The van der Waals surface area contributed by atoms with Crippen LogP contribution in [0, 0.1) is 0 Å². The van der Waals surface area contributed by atoms with Crippen LogP contribution in [0.4, 0.5) is 17.2 Å². The summed E-state index contributed by atoms with van der Waals surface area (Å²) in [6.45, 7) is 1.00. The Labute approximate surface area is 189 Å². The van der Waals surface area contributed by atoms with Gasteiger partial charge in [-0.05, 0) is 76.4 Å². The Morgan fingerprint density at radius 2 is 1.91 bits per heavy atom. The number of fused-ring (bicyclic) bond motifs is 2. The van der Waals surface area contributed by atoms with Gasteiger partial charge in [0.15, 0.2) is 5.82 Å². The second-order valence-electron chi connectivity index (χ2n) is 8.83. The van der Waals surface area contributed by atoms with Gasteiger partial charge in [0.25, 0.3) is 5.91 Å². The minimum Gasteiger partial charge on any atom is -0.393 e. The Kier molecular flexibility index (Phi) is 7.17. The van der Waals surface area contributed by atoms with Crippen molar-refractivity contribution in [2.45, 2.75) is 63.5 Å². The second-order valence-corrected chi connectivity index (χ2v) is 8.83. The van der Waals surface area contributed by atoms with Crippen molar-refractivity contribution in [3.8, 4) is 0 Å². The lowest BCUT2D eigenvalue weighted by atomic mass is 9.92. The van der Waals surface area contributed by atoms with Crippen LogP contribution in [0.25, 0.3) is 0 Å². The number of para-hydroxylation sites is 1. The van der Waals surface area contributed by atoms with Gasteiger partial charge in [0.05, 0.1) is 23.0 Å². The largest absolute Gasteiger partial charge is 0.393 e. The monoisotopic (exact) mass is 436 g/mol. The molecule has 0 radical (unpaired) electrons. The van der Waals surface area contributed by atoms with E-state index in [2.05, 4.69) is 22.2 Å². The van der Waals surface area contributed by atoms with Gasteiger partial charge in [-0.15, -0.1) is 0 Å². The maximum absolute atomic E-state index is 13.3. The summed E-state index contributed by atoms with van der Waals surface area (Å²) < 4.78 is 0. The molecule has 1 aromatic heterocycles. The lowest BCUT2D eigenvalue weighted by Crippen LogP contribution is -2.36. The Bertz CT molecular complexity index is 956. The van der Waals surface area contributed by atoms with E-state index >= 15 is 0 Å². The van der Waals surface area contributed by atoms with E-state index in [1.807, 2.05) is 6.07 Å². The van der Waals surface area contributed by atoms with Gasteiger partial charge in [0.2, 0.25) is 5.91 Å². The van der Waals surface area contributed by atoms with Crippen LogP contribution >= 0.6 is 0 Å². The van der Waals surface area contributed by atoms with E-state index in [1.165, 1.54) is 0 Å². The van der Waals surface area contributed by atoms with Gasteiger partial charge in [-0.1, -0.05) is 18.6 Å². The van der Waals surface area contributed by atoms with Gasteiger partial charge in [0, 0.05) is 18.7 Å². The van der Waals surface area contributed by atoms with Crippen molar-refractivity contribution in [2.24, 2.45) is 0 Å².